The monoisotopic (exact) mass is 632 g/mol. The average molecular weight is 633 g/mol. The van der Waals surface area contributed by atoms with E-state index < -0.39 is 6.10 Å². The Labute approximate surface area is 259 Å². The van der Waals surface area contributed by atoms with Crippen molar-refractivity contribution in [3.8, 4) is 32.8 Å². The second kappa shape index (κ2) is 11.6. The molecule has 1 amide bonds. The Hall–Kier alpha value is -3.91. The van der Waals surface area contributed by atoms with E-state index in [2.05, 4.69) is 12.0 Å². The van der Waals surface area contributed by atoms with Crippen molar-refractivity contribution < 1.29 is 19.4 Å². The van der Waals surface area contributed by atoms with E-state index in [1.54, 1.807) is 23.3 Å². The lowest BCUT2D eigenvalue weighted by atomic mass is 10.1. The highest BCUT2D eigenvalue weighted by atomic mass is 32.1. The van der Waals surface area contributed by atoms with Crippen molar-refractivity contribution in [1.82, 2.24) is 29.5 Å². The number of hydrogen-bond donors (Lipinski definition) is 1. The predicted octanol–water partition coefficient (Wildman–Crippen LogP) is 5.94. The molecule has 0 spiro atoms. The van der Waals surface area contributed by atoms with Gasteiger partial charge in [-0.3, -0.25) is 4.79 Å². The molecule has 0 bridgehead atoms. The van der Waals surface area contributed by atoms with Crippen molar-refractivity contribution in [3.05, 3.63) is 64.2 Å². The molecule has 1 aliphatic heterocycles. The van der Waals surface area contributed by atoms with Crippen LogP contribution in [0.25, 0.3) is 36.5 Å². The number of piperidine rings is 1. The highest BCUT2D eigenvalue weighted by Gasteiger charge is 2.23. The molecule has 1 saturated heterocycles. The molecule has 6 aromatic rings. The van der Waals surface area contributed by atoms with Crippen LogP contribution in [0.5, 0.6) is 11.5 Å². The lowest BCUT2D eigenvalue weighted by molar-refractivity contribution is 0.0474. The van der Waals surface area contributed by atoms with E-state index in [0.29, 0.717) is 30.2 Å². The van der Waals surface area contributed by atoms with Crippen LogP contribution in [0.4, 0.5) is 0 Å². The minimum atomic E-state index is -0.445. The Morgan fingerprint density at radius 2 is 1.98 bits per heavy atom. The number of carbonyl (C=O) groups is 1. The van der Waals surface area contributed by atoms with Crippen LogP contribution < -0.4 is 9.47 Å². The van der Waals surface area contributed by atoms with Crippen LogP contribution in [-0.4, -0.2) is 66.8 Å². The van der Waals surface area contributed by atoms with Gasteiger partial charge in [0.2, 0.25) is 4.96 Å². The number of likely N-dealkylation sites (tertiary alicyclic amines) is 1. The molecular formula is C30H28N6O4S3. The fourth-order valence-corrected chi connectivity index (χ4v) is 7.63. The van der Waals surface area contributed by atoms with Gasteiger partial charge in [0.05, 0.1) is 35.3 Å². The number of rotatable bonds is 8. The summed E-state index contributed by atoms with van der Waals surface area (Å²) >= 11 is 4.64. The molecule has 7 rings (SSSR count). The van der Waals surface area contributed by atoms with Crippen LogP contribution in [0, 0.1) is 0 Å². The zero-order valence-corrected chi connectivity index (χ0v) is 26.0. The number of fused-ring (bicyclic) bond motifs is 2. The molecule has 0 radical (unpaired) electrons. The standard InChI is InChI=1S/C30H28N6O4S3/c1-3-25-34-36-14-23(33-30(36)42-25)28-32-22-11-21(39-2)12-24(26(22)43-28)40-15-19-16-41-27(31-19)17-6-8-18(9-7-17)29(38)35-10-4-5-20(37)13-35/h6-9,11-12,14,16,20,37H,3-5,10,13,15H2,1-2H3. The Bertz CT molecular complexity index is 1890. The summed E-state index contributed by atoms with van der Waals surface area (Å²) in [7, 11) is 1.63. The number of aliphatic hydroxyl groups excluding tert-OH is 1. The van der Waals surface area contributed by atoms with Crippen LogP contribution in [-0.2, 0) is 13.0 Å². The van der Waals surface area contributed by atoms with Gasteiger partial charge in [-0.2, -0.15) is 5.10 Å². The molecule has 2 aromatic carbocycles. The molecule has 4 aromatic heterocycles. The molecule has 1 fully saturated rings. The maximum absolute atomic E-state index is 12.9. The number of aryl methyl sites for hydroxylation is 1. The summed E-state index contributed by atoms with van der Waals surface area (Å²) in [5, 5.41) is 19.2. The summed E-state index contributed by atoms with van der Waals surface area (Å²) in [6.07, 6.45) is 3.91. The van der Waals surface area contributed by atoms with Gasteiger partial charge in [-0.25, -0.2) is 19.5 Å². The summed E-state index contributed by atoms with van der Waals surface area (Å²) in [5.41, 5.74) is 3.90. The number of imidazole rings is 1. The predicted molar refractivity (Wildman–Crippen MR) is 168 cm³/mol. The van der Waals surface area contributed by atoms with Gasteiger partial charge < -0.3 is 19.5 Å². The largest absolute Gasteiger partial charge is 0.497 e. The third-order valence-electron chi connectivity index (χ3n) is 7.26. The minimum Gasteiger partial charge on any atom is -0.497 e. The molecule has 0 saturated carbocycles. The molecule has 1 unspecified atom stereocenters. The van der Waals surface area contributed by atoms with E-state index in [9.17, 15) is 9.90 Å². The van der Waals surface area contributed by atoms with Gasteiger partial charge in [-0.1, -0.05) is 30.4 Å². The molecule has 43 heavy (non-hydrogen) atoms. The molecule has 5 heterocycles. The van der Waals surface area contributed by atoms with Crippen molar-refractivity contribution in [2.24, 2.45) is 0 Å². The first-order valence-corrected chi connectivity index (χ1v) is 16.5. The summed E-state index contributed by atoms with van der Waals surface area (Å²) in [4.78, 5) is 29.8. The van der Waals surface area contributed by atoms with E-state index >= 15 is 0 Å². The molecular weight excluding hydrogens is 605 g/mol. The molecule has 1 atom stereocenters. The minimum absolute atomic E-state index is 0.0515. The van der Waals surface area contributed by atoms with E-state index in [-0.39, 0.29) is 12.5 Å². The number of aliphatic hydroxyl groups is 1. The number of amides is 1. The number of methoxy groups -OCH3 is 1. The van der Waals surface area contributed by atoms with Crippen LogP contribution in [0.15, 0.2) is 48.0 Å². The Kier molecular flexibility index (Phi) is 7.55. The van der Waals surface area contributed by atoms with E-state index in [4.69, 9.17) is 24.4 Å². The second-order valence-corrected chi connectivity index (χ2v) is 13.2. The lowest BCUT2D eigenvalue weighted by Gasteiger charge is -2.30. The van der Waals surface area contributed by atoms with Crippen LogP contribution in [0.3, 0.4) is 0 Å². The number of hydrogen-bond acceptors (Lipinski definition) is 11. The topological polar surface area (TPSA) is 115 Å². The van der Waals surface area contributed by atoms with Gasteiger partial charge in [-0.05, 0) is 31.4 Å². The number of benzene rings is 2. The fraction of sp³-hybridized carbons (Fsp3) is 0.300. The van der Waals surface area contributed by atoms with E-state index in [0.717, 1.165) is 66.4 Å². The molecule has 1 N–H and O–H groups in total. The normalized spacial score (nSPS) is 15.4. The zero-order chi connectivity index (χ0) is 29.5. The lowest BCUT2D eigenvalue weighted by Crippen LogP contribution is -2.42. The van der Waals surface area contributed by atoms with Gasteiger partial charge in [0, 0.05) is 41.7 Å². The first kappa shape index (κ1) is 27.9. The van der Waals surface area contributed by atoms with E-state index in [1.807, 2.05) is 52.5 Å². The maximum Gasteiger partial charge on any atom is 0.253 e. The third-order valence-corrected chi connectivity index (χ3v) is 10.4. The quantitative estimate of drug-likeness (QED) is 0.219. The number of nitrogens with zero attached hydrogens (tertiary/aromatic N) is 6. The summed E-state index contributed by atoms with van der Waals surface area (Å²) in [5.74, 6) is 1.28. The van der Waals surface area contributed by atoms with Crippen molar-refractivity contribution in [3.63, 3.8) is 0 Å². The van der Waals surface area contributed by atoms with Crippen LogP contribution in [0.2, 0.25) is 0 Å². The summed E-state index contributed by atoms with van der Waals surface area (Å²) in [6, 6.07) is 11.3. The first-order chi connectivity index (χ1) is 21.0. The highest BCUT2D eigenvalue weighted by molar-refractivity contribution is 7.22. The SMILES string of the molecule is CCc1nn2cc(-c3nc4cc(OC)cc(OCc5csc(-c6ccc(C(=O)N7CCCC(O)C7)cc6)n5)c4s3)nc2s1. The van der Waals surface area contributed by atoms with Gasteiger partial charge >= 0.3 is 0 Å². The highest BCUT2D eigenvalue weighted by Crippen LogP contribution is 2.39. The molecule has 220 valence electrons. The van der Waals surface area contributed by atoms with Gasteiger partial charge in [0.1, 0.15) is 38.8 Å². The van der Waals surface area contributed by atoms with Crippen molar-refractivity contribution in [2.75, 3.05) is 20.2 Å². The Morgan fingerprint density at radius 1 is 1.12 bits per heavy atom. The van der Waals surface area contributed by atoms with Gasteiger partial charge in [0.25, 0.3) is 5.91 Å². The van der Waals surface area contributed by atoms with Gasteiger partial charge in [0.15, 0.2) is 0 Å². The van der Waals surface area contributed by atoms with Crippen LogP contribution >= 0.6 is 34.0 Å². The van der Waals surface area contributed by atoms with Crippen molar-refractivity contribution in [2.45, 2.75) is 38.9 Å². The fourth-order valence-electron chi connectivity index (χ4n) is 5.03. The summed E-state index contributed by atoms with van der Waals surface area (Å²) in [6.45, 7) is 3.43. The third kappa shape index (κ3) is 5.60. The molecule has 0 aliphatic carbocycles. The number of aromatic nitrogens is 5. The number of thiazole rings is 2. The average Bonchev–Trinajstić information content (AvgIpc) is 3.82. The van der Waals surface area contributed by atoms with Crippen LogP contribution in [0.1, 0.15) is 40.8 Å². The van der Waals surface area contributed by atoms with Crippen molar-refractivity contribution >= 4 is 55.1 Å². The number of β-amino-alcohol motifs (C(OH)–C–C–N with tert-alkyl or cyclic N) is 1. The Balaban J connectivity index is 1.07. The van der Waals surface area contributed by atoms with Crippen molar-refractivity contribution in [1.29, 1.82) is 0 Å². The Morgan fingerprint density at radius 3 is 2.74 bits per heavy atom. The summed E-state index contributed by atoms with van der Waals surface area (Å²) < 4.78 is 14.5. The molecule has 13 heteroatoms. The van der Waals surface area contributed by atoms with E-state index in [1.165, 1.54) is 22.7 Å². The zero-order valence-electron chi connectivity index (χ0n) is 23.5. The molecule has 10 nitrogen and oxygen atoms in total. The molecule has 1 aliphatic rings. The smallest absolute Gasteiger partial charge is 0.253 e. The number of ether oxygens (including phenoxy) is 2. The first-order valence-electron chi connectivity index (χ1n) is 14.0. The second-order valence-electron chi connectivity index (χ2n) is 10.3. The van der Waals surface area contributed by atoms with Gasteiger partial charge in [-0.15, -0.1) is 22.7 Å². The maximum atomic E-state index is 12.9. The number of carbonyl (C=O) groups excluding carboxylic acids is 1.